The number of carbonyl (C=O) groups excluding carboxylic acids is 1. The lowest BCUT2D eigenvalue weighted by Crippen LogP contribution is -2.38. The summed E-state index contributed by atoms with van der Waals surface area (Å²) in [5.41, 5.74) is 2.06. The van der Waals surface area contributed by atoms with Gasteiger partial charge < -0.3 is 14.1 Å². The second-order valence-electron chi connectivity index (χ2n) is 7.19. The van der Waals surface area contributed by atoms with Crippen LogP contribution in [0.2, 0.25) is 0 Å². The van der Waals surface area contributed by atoms with Gasteiger partial charge in [-0.25, -0.2) is 19.6 Å². The lowest BCUT2D eigenvalue weighted by Gasteiger charge is -2.32. The average molecular weight is 396 g/mol. The lowest BCUT2D eigenvalue weighted by atomic mass is 9.91. The van der Waals surface area contributed by atoms with Crippen molar-refractivity contribution in [3.05, 3.63) is 59.6 Å². The van der Waals surface area contributed by atoms with Crippen LogP contribution in [0.5, 0.6) is 0 Å². The highest BCUT2D eigenvalue weighted by molar-refractivity contribution is 5.91. The van der Waals surface area contributed by atoms with Crippen LogP contribution in [0.15, 0.2) is 35.4 Å². The third-order valence-corrected chi connectivity index (χ3v) is 5.14. The molecule has 0 atom stereocenters. The van der Waals surface area contributed by atoms with Crippen molar-refractivity contribution in [3.63, 3.8) is 0 Å². The summed E-state index contributed by atoms with van der Waals surface area (Å²) in [6.45, 7) is 4.17. The fourth-order valence-electron chi connectivity index (χ4n) is 3.70. The van der Waals surface area contributed by atoms with Crippen LogP contribution in [0.3, 0.4) is 0 Å². The second kappa shape index (κ2) is 8.52. The monoisotopic (exact) mass is 396 g/mol. The summed E-state index contributed by atoms with van der Waals surface area (Å²) in [6, 6.07) is 3.54. The number of hydrogen-bond donors (Lipinski definition) is 0. The topological polar surface area (TPSA) is 99.2 Å². The number of piperidine rings is 1. The first-order valence-electron chi connectivity index (χ1n) is 9.66. The van der Waals surface area contributed by atoms with Crippen molar-refractivity contribution in [2.24, 2.45) is 0 Å². The number of ether oxygens (including phenoxy) is 1. The minimum atomic E-state index is -0.0794. The summed E-state index contributed by atoms with van der Waals surface area (Å²) >= 11 is 0. The normalized spacial score (nSPS) is 15.0. The molecule has 152 valence electrons. The predicted octanol–water partition coefficient (Wildman–Crippen LogP) is 2.18. The Morgan fingerprint density at radius 1 is 1.31 bits per heavy atom. The van der Waals surface area contributed by atoms with Crippen LogP contribution >= 0.6 is 0 Å². The molecular formula is C20H24N6O3. The summed E-state index contributed by atoms with van der Waals surface area (Å²) < 4.78 is 12.7. The molecule has 0 N–H and O–H groups in total. The Morgan fingerprint density at radius 3 is 2.86 bits per heavy atom. The van der Waals surface area contributed by atoms with Gasteiger partial charge in [0.15, 0.2) is 5.76 Å². The highest BCUT2D eigenvalue weighted by Gasteiger charge is 2.28. The molecule has 3 aromatic rings. The van der Waals surface area contributed by atoms with Crippen LogP contribution in [0.25, 0.3) is 0 Å². The van der Waals surface area contributed by atoms with E-state index >= 15 is 0 Å². The van der Waals surface area contributed by atoms with E-state index in [1.165, 1.54) is 6.33 Å². The van der Waals surface area contributed by atoms with Crippen molar-refractivity contribution in [1.29, 1.82) is 0 Å². The molecule has 0 unspecified atom stereocenters. The fraction of sp³-hybridized carbons (Fsp3) is 0.450. The molecule has 0 saturated carbocycles. The zero-order valence-electron chi connectivity index (χ0n) is 16.6. The molecule has 9 heteroatoms. The smallest absolute Gasteiger partial charge is 0.289 e. The Morgan fingerprint density at radius 2 is 2.14 bits per heavy atom. The predicted molar refractivity (Wildman–Crippen MR) is 103 cm³/mol. The van der Waals surface area contributed by atoms with E-state index in [-0.39, 0.29) is 5.91 Å². The first kappa shape index (κ1) is 19.3. The maximum atomic E-state index is 12.8. The van der Waals surface area contributed by atoms with Crippen LogP contribution < -0.4 is 0 Å². The third kappa shape index (κ3) is 4.34. The first-order chi connectivity index (χ1) is 14.1. The summed E-state index contributed by atoms with van der Waals surface area (Å²) in [4.78, 5) is 27.5. The molecule has 1 aliphatic rings. The Hall–Kier alpha value is -3.07. The number of aromatic nitrogens is 5. The molecule has 0 aromatic carbocycles. The van der Waals surface area contributed by atoms with Crippen molar-refractivity contribution >= 4 is 5.91 Å². The second-order valence-corrected chi connectivity index (χ2v) is 7.19. The van der Waals surface area contributed by atoms with Crippen molar-refractivity contribution in [2.75, 3.05) is 20.2 Å². The molecule has 1 aliphatic heterocycles. The molecule has 1 fully saturated rings. The van der Waals surface area contributed by atoms with E-state index in [0.717, 1.165) is 29.9 Å². The van der Waals surface area contributed by atoms with Gasteiger partial charge in [0.1, 0.15) is 30.8 Å². The van der Waals surface area contributed by atoms with Crippen molar-refractivity contribution in [2.45, 2.75) is 38.8 Å². The van der Waals surface area contributed by atoms with Gasteiger partial charge in [0.05, 0.1) is 12.3 Å². The highest BCUT2D eigenvalue weighted by atomic mass is 16.5. The van der Waals surface area contributed by atoms with Crippen LogP contribution in [-0.4, -0.2) is 55.7 Å². The summed E-state index contributed by atoms with van der Waals surface area (Å²) in [5, 5.41) is 4.05. The number of likely N-dealkylation sites (tertiary alicyclic amines) is 1. The molecule has 0 aliphatic carbocycles. The number of amides is 1. The minimum absolute atomic E-state index is 0.0794. The maximum Gasteiger partial charge on any atom is 0.289 e. The number of furan rings is 1. The number of aryl methyl sites for hydroxylation is 1. The molecule has 4 heterocycles. The SMILES string of the molecule is COCc1cnc(C)nc1C1CCN(C(=O)c2ccc(Cn3cncn3)o2)CC1. The molecular weight excluding hydrogens is 372 g/mol. The summed E-state index contributed by atoms with van der Waals surface area (Å²) in [5.74, 6) is 2.01. The standard InChI is InChI=1S/C20H24N6O3/c1-14-22-9-16(11-28-2)19(24-14)15-5-7-25(8-6-15)20(27)18-4-3-17(29-18)10-26-13-21-12-23-26/h3-4,9,12-13,15H,5-8,10-11H2,1-2H3. The van der Waals surface area contributed by atoms with E-state index in [0.29, 0.717) is 43.7 Å². The van der Waals surface area contributed by atoms with E-state index < -0.39 is 0 Å². The average Bonchev–Trinajstić information content (AvgIpc) is 3.42. The fourth-order valence-corrected chi connectivity index (χ4v) is 3.70. The van der Waals surface area contributed by atoms with Gasteiger partial charge in [0.25, 0.3) is 5.91 Å². The van der Waals surface area contributed by atoms with Crippen molar-refractivity contribution in [3.8, 4) is 0 Å². The van der Waals surface area contributed by atoms with E-state index in [1.54, 1.807) is 24.2 Å². The third-order valence-electron chi connectivity index (χ3n) is 5.14. The maximum absolute atomic E-state index is 12.8. The molecule has 9 nitrogen and oxygen atoms in total. The van der Waals surface area contributed by atoms with Crippen LogP contribution in [0.1, 0.15) is 52.2 Å². The molecule has 0 bridgehead atoms. The lowest BCUT2D eigenvalue weighted by molar-refractivity contribution is 0.0677. The zero-order chi connectivity index (χ0) is 20.2. The van der Waals surface area contributed by atoms with E-state index in [1.807, 2.05) is 24.1 Å². The Labute approximate surface area is 168 Å². The van der Waals surface area contributed by atoms with Gasteiger partial charge in [-0.1, -0.05) is 0 Å². The van der Waals surface area contributed by atoms with Gasteiger partial charge in [-0.05, 0) is 31.9 Å². The summed E-state index contributed by atoms with van der Waals surface area (Å²) in [7, 11) is 1.67. The molecule has 0 radical (unpaired) electrons. The van der Waals surface area contributed by atoms with E-state index in [4.69, 9.17) is 9.15 Å². The van der Waals surface area contributed by atoms with Crippen molar-refractivity contribution < 1.29 is 13.9 Å². The van der Waals surface area contributed by atoms with E-state index in [2.05, 4.69) is 20.1 Å². The minimum Gasteiger partial charge on any atom is -0.454 e. The van der Waals surface area contributed by atoms with Gasteiger partial charge in [0, 0.05) is 37.9 Å². The Bertz CT molecular complexity index is 961. The number of carbonyl (C=O) groups is 1. The van der Waals surface area contributed by atoms with Gasteiger partial charge in [0.2, 0.25) is 0 Å². The quantitative estimate of drug-likeness (QED) is 0.630. The molecule has 29 heavy (non-hydrogen) atoms. The largest absolute Gasteiger partial charge is 0.454 e. The van der Waals surface area contributed by atoms with E-state index in [9.17, 15) is 4.79 Å². The first-order valence-corrected chi connectivity index (χ1v) is 9.66. The highest BCUT2D eigenvalue weighted by Crippen LogP contribution is 2.30. The van der Waals surface area contributed by atoms with Gasteiger partial charge in [-0.15, -0.1) is 0 Å². The molecule has 3 aromatic heterocycles. The number of nitrogens with zero attached hydrogens (tertiary/aromatic N) is 6. The number of hydrogen-bond acceptors (Lipinski definition) is 7. The Kier molecular flexibility index (Phi) is 5.66. The number of rotatable bonds is 6. The summed E-state index contributed by atoms with van der Waals surface area (Å²) in [6.07, 6.45) is 6.63. The van der Waals surface area contributed by atoms with Crippen LogP contribution in [0, 0.1) is 6.92 Å². The van der Waals surface area contributed by atoms with Crippen LogP contribution in [-0.2, 0) is 17.9 Å². The van der Waals surface area contributed by atoms with Gasteiger partial charge in [-0.3, -0.25) is 4.79 Å². The molecule has 0 spiro atoms. The Balaban J connectivity index is 1.39. The molecule has 1 saturated heterocycles. The van der Waals surface area contributed by atoms with Gasteiger partial charge in [-0.2, -0.15) is 5.10 Å². The van der Waals surface area contributed by atoms with Crippen molar-refractivity contribution in [1.82, 2.24) is 29.6 Å². The zero-order valence-corrected chi connectivity index (χ0v) is 16.6. The number of methoxy groups -OCH3 is 1. The van der Waals surface area contributed by atoms with Gasteiger partial charge >= 0.3 is 0 Å². The molecule has 4 rings (SSSR count). The molecule has 1 amide bonds. The van der Waals surface area contributed by atoms with Crippen LogP contribution in [0.4, 0.5) is 0 Å².